The van der Waals surface area contributed by atoms with Crippen molar-refractivity contribution in [2.24, 2.45) is 0 Å². The van der Waals surface area contributed by atoms with Crippen LogP contribution in [0, 0.1) is 13.8 Å². The first-order chi connectivity index (χ1) is 13.5. The fraction of sp³-hybridized carbons (Fsp3) is 0.391. The fourth-order valence-corrected chi connectivity index (χ4v) is 3.54. The average Bonchev–Trinajstić information content (AvgIpc) is 3.10. The SMILES string of the molecule is Cc1ccc(C)c(NC(=O)[C@H](NCCCN2CCCC2=O)c2ccccc2)c1. The Labute approximate surface area is 167 Å². The van der Waals surface area contributed by atoms with E-state index in [-0.39, 0.29) is 11.8 Å². The Kier molecular flexibility index (Phi) is 6.82. The number of carbonyl (C=O) groups excluding carboxylic acids is 2. The van der Waals surface area contributed by atoms with E-state index in [4.69, 9.17) is 0 Å². The third-order valence-corrected chi connectivity index (χ3v) is 5.17. The van der Waals surface area contributed by atoms with E-state index < -0.39 is 6.04 Å². The van der Waals surface area contributed by atoms with Crippen LogP contribution >= 0.6 is 0 Å². The molecular formula is C23H29N3O2. The monoisotopic (exact) mass is 379 g/mol. The Balaban J connectivity index is 1.64. The Morgan fingerprint density at radius 2 is 1.93 bits per heavy atom. The number of nitrogens with one attached hydrogen (secondary N) is 2. The van der Waals surface area contributed by atoms with Crippen LogP contribution < -0.4 is 10.6 Å². The van der Waals surface area contributed by atoms with Crippen molar-refractivity contribution in [2.45, 2.75) is 39.2 Å². The Morgan fingerprint density at radius 1 is 1.14 bits per heavy atom. The van der Waals surface area contributed by atoms with Crippen LogP contribution in [0.5, 0.6) is 0 Å². The molecule has 3 rings (SSSR count). The highest BCUT2D eigenvalue weighted by molar-refractivity contribution is 5.96. The molecule has 1 aliphatic rings. The van der Waals surface area contributed by atoms with Gasteiger partial charge in [0.1, 0.15) is 6.04 Å². The molecule has 0 bridgehead atoms. The third-order valence-electron chi connectivity index (χ3n) is 5.17. The molecule has 0 radical (unpaired) electrons. The molecule has 2 amide bonds. The van der Waals surface area contributed by atoms with Gasteiger partial charge in [0.05, 0.1) is 0 Å². The Bertz CT molecular complexity index is 820. The number of nitrogens with zero attached hydrogens (tertiary/aromatic N) is 1. The minimum Gasteiger partial charge on any atom is -0.343 e. The first kappa shape index (κ1) is 20.1. The van der Waals surface area contributed by atoms with Crippen molar-refractivity contribution in [1.82, 2.24) is 10.2 Å². The number of hydrogen-bond acceptors (Lipinski definition) is 3. The molecule has 5 heteroatoms. The summed E-state index contributed by atoms with van der Waals surface area (Å²) in [7, 11) is 0. The summed E-state index contributed by atoms with van der Waals surface area (Å²) in [5.74, 6) is 0.171. The molecular weight excluding hydrogens is 350 g/mol. The normalized spacial score (nSPS) is 14.9. The van der Waals surface area contributed by atoms with Crippen LogP contribution in [0.1, 0.15) is 42.0 Å². The van der Waals surface area contributed by atoms with Gasteiger partial charge in [0.25, 0.3) is 0 Å². The van der Waals surface area contributed by atoms with Gasteiger partial charge in [0.2, 0.25) is 11.8 Å². The largest absolute Gasteiger partial charge is 0.343 e. The minimum atomic E-state index is -0.435. The molecule has 148 valence electrons. The highest BCUT2D eigenvalue weighted by atomic mass is 16.2. The second kappa shape index (κ2) is 9.51. The third kappa shape index (κ3) is 5.20. The summed E-state index contributed by atoms with van der Waals surface area (Å²) >= 11 is 0. The van der Waals surface area contributed by atoms with Crippen molar-refractivity contribution < 1.29 is 9.59 Å². The van der Waals surface area contributed by atoms with Gasteiger partial charge in [-0.3, -0.25) is 9.59 Å². The smallest absolute Gasteiger partial charge is 0.246 e. The van der Waals surface area contributed by atoms with Crippen LogP contribution in [-0.4, -0.2) is 36.3 Å². The van der Waals surface area contributed by atoms with Crippen molar-refractivity contribution in [1.29, 1.82) is 0 Å². The zero-order valence-electron chi connectivity index (χ0n) is 16.7. The van der Waals surface area contributed by atoms with Crippen molar-refractivity contribution in [3.8, 4) is 0 Å². The predicted octanol–water partition coefficient (Wildman–Crippen LogP) is 3.59. The first-order valence-electron chi connectivity index (χ1n) is 9.99. The van der Waals surface area contributed by atoms with Gasteiger partial charge >= 0.3 is 0 Å². The highest BCUT2D eigenvalue weighted by Gasteiger charge is 2.22. The molecule has 1 fully saturated rings. The van der Waals surface area contributed by atoms with Crippen LogP contribution in [-0.2, 0) is 9.59 Å². The summed E-state index contributed by atoms with van der Waals surface area (Å²) in [6.07, 6.45) is 2.45. The number of amides is 2. The number of benzene rings is 2. The van der Waals surface area contributed by atoms with Gasteiger partial charge in [-0.25, -0.2) is 0 Å². The standard InChI is InChI=1S/C23H29N3O2/c1-17-11-12-18(2)20(16-17)25-23(28)22(19-8-4-3-5-9-19)24-13-7-15-26-14-6-10-21(26)27/h3-5,8-9,11-12,16,22,24H,6-7,10,13-15H2,1-2H3,(H,25,28)/t22-/m1/s1. The lowest BCUT2D eigenvalue weighted by molar-refractivity contribution is -0.127. The molecule has 0 unspecified atom stereocenters. The summed E-state index contributed by atoms with van der Waals surface area (Å²) < 4.78 is 0. The number of carbonyl (C=O) groups is 2. The van der Waals surface area contributed by atoms with Gasteiger partial charge < -0.3 is 15.5 Å². The number of likely N-dealkylation sites (tertiary alicyclic amines) is 1. The van der Waals surface area contributed by atoms with E-state index in [0.29, 0.717) is 13.0 Å². The van der Waals surface area contributed by atoms with Gasteiger partial charge in [-0.15, -0.1) is 0 Å². The lowest BCUT2D eigenvalue weighted by atomic mass is 10.0. The topological polar surface area (TPSA) is 61.4 Å². The summed E-state index contributed by atoms with van der Waals surface area (Å²) in [5, 5.41) is 6.45. The lowest BCUT2D eigenvalue weighted by Crippen LogP contribution is -2.35. The molecule has 0 aromatic heterocycles. The Morgan fingerprint density at radius 3 is 2.64 bits per heavy atom. The second-order valence-corrected chi connectivity index (χ2v) is 7.44. The van der Waals surface area contributed by atoms with Gasteiger partial charge in [0, 0.05) is 25.2 Å². The van der Waals surface area contributed by atoms with Gasteiger partial charge in [-0.2, -0.15) is 0 Å². The van der Waals surface area contributed by atoms with Crippen LogP contribution in [0.25, 0.3) is 0 Å². The van der Waals surface area contributed by atoms with Crippen LogP contribution in [0.15, 0.2) is 48.5 Å². The molecule has 1 saturated heterocycles. The maximum Gasteiger partial charge on any atom is 0.246 e. The number of hydrogen-bond donors (Lipinski definition) is 2. The number of rotatable bonds is 8. The number of aryl methyl sites for hydroxylation is 2. The zero-order valence-corrected chi connectivity index (χ0v) is 16.7. The quantitative estimate of drug-likeness (QED) is 0.689. The number of anilines is 1. The molecule has 1 aliphatic heterocycles. The van der Waals surface area contributed by atoms with Crippen molar-refractivity contribution >= 4 is 17.5 Å². The second-order valence-electron chi connectivity index (χ2n) is 7.44. The molecule has 2 N–H and O–H groups in total. The van der Waals surface area contributed by atoms with Gasteiger partial charge in [-0.1, -0.05) is 42.5 Å². The zero-order chi connectivity index (χ0) is 19.9. The van der Waals surface area contributed by atoms with E-state index in [2.05, 4.69) is 10.6 Å². The first-order valence-corrected chi connectivity index (χ1v) is 9.99. The van der Waals surface area contributed by atoms with Crippen LogP contribution in [0.4, 0.5) is 5.69 Å². The van der Waals surface area contributed by atoms with E-state index in [1.165, 1.54) is 0 Å². The molecule has 2 aromatic rings. The molecule has 5 nitrogen and oxygen atoms in total. The molecule has 28 heavy (non-hydrogen) atoms. The average molecular weight is 380 g/mol. The highest BCUT2D eigenvalue weighted by Crippen LogP contribution is 2.20. The van der Waals surface area contributed by atoms with E-state index >= 15 is 0 Å². The summed E-state index contributed by atoms with van der Waals surface area (Å²) in [6.45, 7) is 6.28. The summed E-state index contributed by atoms with van der Waals surface area (Å²) in [4.78, 5) is 26.7. The Hall–Kier alpha value is -2.66. The van der Waals surface area contributed by atoms with Crippen LogP contribution in [0.2, 0.25) is 0 Å². The molecule has 1 heterocycles. The van der Waals surface area contributed by atoms with Crippen molar-refractivity contribution in [3.05, 3.63) is 65.2 Å². The minimum absolute atomic E-state index is 0.0721. The fourth-order valence-electron chi connectivity index (χ4n) is 3.54. The maximum absolute atomic E-state index is 13.0. The van der Waals surface area contributed by atoms with E-state index in [1.807, 2.05) is 67.3 Å². The van der Waals surface area contributed by atoms with Gasteiger partial charge in [0.15, 0.2) is 0 Å². The van der Waals surface area contributed by atoms with E-state index in [9.17, 15) is 9.59 Å². The molecule has 1 atom stereocenters. The van der Waals surface area contributed by atoms with E-state index in [1.54, 1.807) is 0 Å². The van der Waals surface area contributed by atoms with E-state index in [0.717, 1.165) is 48.3 Å². The lowest BCUT2D eigenvalue weighted by Gasteiger charge is -2.21. The van der Waals surface area contributed by atoms with Crippen molar-refractivity contribution in [2.75, 3.05) is 25.0 Å². The summed E-state index contributed by atoms with van der Waals surface area (Å²) in [6, 6.07) is 15.4. The van der Waals surface area contributed by atoms with Crippen LogP contribution in [0.3, 0.4) is 0 Å². The molecule has 0 saturated carbocycles. The van der Waals surface area contributed by atoms with Gasteiger partial charge in [-0.05, 0) is 56.0 Å². The maximum atomic E-state index is 13.0. The molecule has 0 spiro atoms. The van der Waals surface area contributed by atoms with Crippen molar-refractivity contribution in [3.63, 3.8) is 0 Å². The summed E-state index contributed by atoms with van der Waals surface area (Å²) in [5.41, 5.74) is 3.93. The molecule has 2 aromatic carbocycles. The molecule has 0 aliphatic carbocycles. The predicted molar refractivity (Wildman–Crippen MR) is 112 cm³/mol.